The Morgan fingerprint density at radius 1 is 1.44 bits per heavy atom. The second kappa shape index (κ2) is 9.62. The van der Waals surface area contributed by atoms with E-state index in [1.54, 1.807) is 0 Å². The highest BCUT2D eigenvalue weighted by Crippen LogP contribution is 2.23. The first-order valence-corrected chi connectivity index (χ1v) is 7.19. The molecule has 1 heterocycles. The quantitative estimate of drug-likeness (QED) is 0.776. The molecule has 1 aliphatic heterocycles. The number of unbranched alkanes of at least 4 members (excludes halogenated alkanes) is 1. The molecule has 0 aromatic carbocycles. The van der Waals surface area contributed by atoms with E-state index in [2.05, 4.69) is 24.1 Å². The van der Waals surface area contributed by atoms with Crippen molar-refractivity contribution in [2.24, 2.45) is 5.92 Å². The molecule has 1 saturated heterocycles. The van der Waals surface area contributed by atoms with E-state index in [0.29, 0.717) is 11.9 Å². The fourth-order valence-electron chi connectivity index (χ4n) is 2.76. The standard InChI is InChI=1S/C14H28N2O.ClH/c1-4-6-8-12(5-2)14(17)16-10-7-9-13(16)11-15-3;/h12-13,15H,4-11H2,1-3H3;1H. The van der Waals surface area contributed by atoms with Gasteiger partial charge in [0.2, 0.25) is 5.91 Å². The van der Waals surface area contributed by atoms with Crippen molar-refractivity contribution in [2.45, 2.75) is 58.4 Å². The van der Waals surface area contributed by atoms with Gasteiger partial charge in [0.05, 0.1) is 0 Å². The number of likely N-dealkylation sites (N-methyl/N-ethyl adjacent to an activating group) is 1. The number of nitrogens with one attached hydrogen (secondary N) is 1. The first kappa shape index (κ1) is 17.7. The molecule has 2 atom stereocenters. The molecule has 4 heteroatoms. The summed E-state index contributed by atoms with van der Waals surface area (Å²) in [7, 11) is 1.97. The van der Waals surface area contributed by atoms with Crippen LogP contribution in [0.25, 0.3) is 0 Å². The lowest BCUT2D eigenvalue weighted by atomic mass is 9.97. The van der Waals surface area contributed by atoms with Gasteiger partial charge in [-0.05, 0) is 32.7 Å². The Morgan fingerprint density at radius 3 is 2.72 bits per heavy atom. The normalized spacial score (nSPS) is 20.6. The van der Waals surface area contributed by atoms with Gasteiger partial charge in [-0.2, -0.15) is 0 Å². The lowest BCUT2D eigenvalue weighted by Crippen LogP contribution is -2.43. The lowest BCUT2D eigenvalue weighted by molar-refractivity contribution is -0.136. The third kappa shape index (κ3) is 4.77. The smallest absolute Gasteiger partial charge is 0.225 e. The largest absolute Gasteiger partial charge is 0.338 e. The molecule has 0 aromatic rings. The number of nitrogens with zero attached hydrogens (tertiary/aromatic N) is 1. The van der Waals surface area contributed by atoms with Crippen molar-refractivity contribution in [1.29, 1.82) is 0 Å². The molecule has 0 saturated carbocycles. The van der Waals surface area contributed by atoms with Crippen molar-refractivity contribution < 1.29 is 4.79 Å². The monoisotopic (exact) mass is 276 g/mol. The minimum Gasteiger partial charge on any atom is -0.338 e. The Kier molecular flexibility index (Phi) is 9.47. The summed E-state index contributed by atoms with van der Waals surface area (Å²) in [4.78, 5) is 14.6. The minimum atomic E-state index is 0. The molecule has 1 N–H and O–H groups in total. The fourth-order valence-corrected chi connectivity index (χ4v) is 2.76. The van der Waals surface area contributed by atoms with Gasteiger partial charge < -0.3 is 10.2 Å². The van der Waals surface area contributed by atoms with Crippen LogP contribution in [0.5, 0.6) is 0 Å². The maximum absolute atomic E-state index is 12.5. The summed E-state index contributed by atoms with van der Waals surface area (Å²) in [6, 6.07) is 0.433. The zero-order valence-corrected chi connectivity index (χ0v) is 12.9. The summed E-state index contributed by atoms with van der Waals surface area (Å²) >= 11 is 0. The number of hydrogen-bond acceptors (Lipinski definition) is 2. The lowest BCUT2D eigenvalue weighted by Gasteiger charge is -2.28. The van der Waals surface area contributed by atoms with Crippen molar-refractivity contribution in [3.63, 3.8) is 0 Å². The number of carbonyl (C=O) groups excluding carboxylic acids is 1. The van der Waals surface area contributed by atoms with Gasteiger partial charge >= 0.3 is 0 Å². The highest BCUT2D eigenvalue weighted by atomic mass is 35.5. The molecule has 1 fully saturated rings. The van der Waals surface area contributed by atoms with Crippen LogP contribution in [0.4, 0.5) is 0 Å². The van der Waals surface area contributed by atoms with Crippen LogP contribution < -0.4 is 5.32 Å². The summed E-state index contributed by atoms with van der Waals surface area (Å²) in [5.41, 5.74) is 0. The van der Waals surface area contributed by atoms with Gasteiger partial charge in [0.15, 0.2) is 0 Å². The predicted octanol–water partition coefficient (Wildman–Crippen LogP) is 2.84. The van der Waals surface area contributed by atoms with E-state index in [-0.39, 0.29) is 18.3 Å². The van der Waals surface area contributed by atoms with Crippen molar-refractivity contribution >= 4 is 18.3 Å². The molecule has 3 nitrogen and oxygen atoms in total. The van der Waals surface area contributed by atoms with Crippen LogP contribution in [0.3, 0.4) is 0 Å². The maximum atomic E-state index is 12.5. The zero-order chi connectivity index (χ0) is 12.7. The van der Waals surface area contributed by atoms with Gasteiger partial charge in [-0.3, -0.25) is 4.79 Å². The minimum absolute atomic E-state index is 0. The van der Waals surface area contributed by atoms with E-state index in [1.807, 2.05) is 7.05 Å². The van der Waals surface area contributed by atoms with Gasteiger partial charge in [-0.25, -0.2) is 0 Å². The molecule has 108 valence electrons. The average molecular weight is 277 g/mol. The fraction of sp³-hybridized carbons (Fsp3) is 0.929. The SMILES string of the molecule is CCCCC(CC)C(=O)N1CCCC1CNC.Cl. The van der Waals surface area contributed by atoms with Crippen molar-refractivity contribution in [3.8, 4) is 0 Å². The van der Waals surface area contributed by atoms with Crippen LogP contribution in [0, 0.1) is 5.92 Å². The predicted molar refractivity (Wildman–Crippen MR) is 79.2 cm³/mol. The molecular weight excluding hydrogens is 248 g/mol. The van der Waals surface area contributed by atoms with Crippen molar-refractivity contribution in [2.75, 3.05) is 20.1 Å². The van der Waals surface area contributed by atoms with Crippen molar-refractivity contribution in [3.05, 3.63) is 0 Å². The molecule has 18 heavy (non-hydrogen) atoms. The number of halogens is 1. The molecule has 0 radical (unpaired) electrons. The first-order valence-electron chi connectivity index (χ1n) is 7.19. The molecule has 2 unspecified atom stereocenters. The highest BCUT2D eigenvalue weighted by molar-refractivity contribution is 5.85. The third-order valence-corrected chi connectivity index (χ3v) is 3.85. The van der Waals surface area contributed by atoms with Gasteiger partial charge in [-0.1, -0.05) is 26.7 Å². The maximum Gasteiger partial charge on any atom is 0.225 e. The molecule has 1 amide bonds. The molecule has 0 aliphatic carbocycles. The molecule has 1 aliphatic rings. The summed E-state index contributed by atoms with van der Waals surface area (Å²) in [5.74, 6) is 0.658. The van der Waals surface area contributed by atoms with Crippen LogP contribution in [0.1, 0.15) is 52.4 Å². The Bertz CT molecular complexity index is 236. The van der Waals surface area contributed by atoms with Gasteiger partial charge in [0.1, 0.15) is 0 Å². The summed E-state index contributed by atoms with van der Waals surface area (Å²) < 4.78 is 0. The second-order valence-electron chi connectivity index (χ2n) is 5.13. The highest BCUT2D eigenvalue weighted by Gasteiger charge is 2.31. The first-order chi connectivity index (χ1) is 8.24. The van der Waals surface area contributed by atoms with E-state index in [1.165, 1.54) is 19.3 Å². The van der Waals surface area contributed by atoms with E-state index in [0.717, 1.165) is 32.4 Å². The van der Waals surface area contributed by atoms with Crippen molar-refractivity contribution in [1.82, 2.24) is 10.2 Å². The summed E-state index contributed by atoms with van der Waals surface area (Å²) in [6.45, 7) is 6.24. The zero-order valence-electron chi connectivity index (χ0n) is 12.1. The topological polar surface area (TPSA) is 32.3 Å². The Labute approximate surface area is 118 Å². The molecule has 0 spiro atoms. The van der Waals surface area contributed by atoms with Crippen LogP contribution >= 0.6 is 12.4 Å². The summed E-state index contributed by atoms with van der Waals surface area (Å²) in [6.07, 6.45) is 6.74. The number of hydrogen-bond donors (Lipinski definition) is 1. The number of carbonyl (C=O) groups is 1. The van der Waals surface area contributed by atoms with Gasteiger partial charge in [0, 0.05) is 25.0 Å². The second-order valence-corrected chi connectivity index (χ2v) is 5.13. The number of likely N-dealkylation sites (tertiary alicyclic amines) is 1. The van der Waals surface area contributed by atoms with E-state index in [4.69, 9.17) is 0 Å². The van der Waals surface area contributed by atoms with Crippen LogP contribution in [0.15, 0.2) is 0 Å². The van der Waals surface area contributed by atoms with Crippen LogP contribution in [0.2, 0.25) is 0 Å². The molecule has 0 aromatic heterocycles. The Balaban J connectivity index is 0.00000289. The third-order valence-electron chi connectivity index (χ3n) is 3.85. The van der Waals surface area contributed by atoms with Gasteiger partial charge in [-0.15, -0.1) is 12.4 Å². The average Bonchev–Trinajstić information content (AvgIpc) is 2.78. The van der Waals surface area contributed by atoms with E-state index in [9.17, 15) is 4.79 Å². The van der Waals surface area contributed by atoms with Crippen LogP contribution in [-0.2, 0) is 4.79 Å². The Hall–Kier alpha value is -0.280. The molecule has 0 bridgehead atoms. The summed E-state index contributed by atoms with van der Waals surface area (Å²) in [5, 5.41) is 3.20. The molecular formula is C14H29ClN2O. The molecule has 1 rings (SSSR count). The van der Waals surface area contributed by atoms with E-state index < -0.39 is 0 Å². The van der Waals surface area contributed by atoms with E-state index >= 15 is 0 Å². The van der Waals surface area contributed by atoms with Gasteiger partial charge in [0.25, 0.3) is 0 Å². The Morgan fingerprint density at radius 2 is 2.17 bits per heavy atom. The number of rotatable bonds is 7. The van der Waals surface area contributed by atoms with Crippen LogP contribution in [-0.4, -0.2) is 37.0 Å². The number of amides is 1.